The molecule has 1 amide bonds. The third-order valence-electron chi connectivity index (χ3n) is 5.03. The number of nitrogens with two attached hydrogens (primary N) is 1. The Labute approximate surface area is 109 Å². The van der Waals surface area contributed by atoms with E-state index in [4.69, 9.17) is 5.73 Å². The van der Waals surface area contributed by atoms with Crippen molar-refractivity contribution in [2.45, 2.75) is 24.8 Å². The summed E-state index contributed by atoms with van der Waals surface area (Å²) in [6, 6.07) is 0. The quantitative estimate of drug-likeness (QED) is 0.518. The second-order valence-corrected chi connectivity index (χ2v) is 5.98. The molecule has 0 aromatic rings. The van der Waals surface area contributed by atoms with Crippen LogP contribution in [0, 0.1) is 23.2 Å². The van der Waals surface area contributed by atoms with Gasteiger partial charge in [0.2, 0.25) is 5.91 Å². The monoisotopic (exact) mass is 268 g/mol. The third kappa shape index (κ3) is 1.44. The molecule has 0 bridgehead atoms. The van der Waals surface area contributed by atoms with E-state index in [1.165, 1.54) is 0 Å². The summed E-state index contributed by atoms with van der Waals surface area (Å²) in [5, 5.41) is 21.2. The summed E-state index contributed by atoms with van der Waals surface area (Å²) in [6.45, 7) is -0.294. The summed E-state index contributed by atoms with van der Waals surface area (Å²) in [5.41, 5.74) is 3.59. The molecule has 3 aliphatic rings. The van der Waals surface area contributed by atoms with Crippen molar-refractivity contribution in [2.75, 3.05) is 6.54 Å². The zero-order valence-electron chi connectivity index (χ0n) is 10.3. The molecule has 7 nitrogen and oxygen atoms in total. The molecule has 0 aliphatic heterocycles. The maximum Gasteiger partial charge on any atom is 0.329 e. The standard InChI is InChI=1S/C12H16N2O5/c13-3-5(15)14-12(10(18)19)4-11(1-2-11)7-6(8(7)12)9(16)17/h6-8H,1-4,13H2,(H,14,15)(H,16,17)(H,18,19)/t6-,7-,8+,12-/m0/s1. The zero-order valence-corrected chi connectivity index (χ0v) is 10.3. The summed E-state index contributed by atoms with van der Waals surface area (Å²) in [4.78, 5) is 34.4. The predicted molar refractivity (Wildman–Crippen MR) is 62.0 cm³/mol. The summed E-state index contributed by atoms with van der Waals surface area (Å²) in [7, 11) is 0. The largest absolute Gasteiger partial charge is 0.481 e. The minimum absolute atomic E-state index is 0.112. The van der Waals surface area contributed by atoms with E-state index in [9.17, 15) is 24.6 Å². The number of fused-ring (bicyclic) bond motifs is 2. The highest BCUT2D eigenvalue weighted by Gasteiger charge is 2.82. The minimum Gasteiger partial charge on any atom is -0.481 e. The van der Waals surface area contributed by atoms with Gasteiger partial charge in [-0.3, -0.25) is 9.59 Å². The van der Waals surface area contributed by atoms with Crippen molar-refractivity contribution in [1.29, 1.82) is 0 Å². The highest BCUT2D eigenvalue weighted by Crippen LogP contribution is 2.78. The lowest BCUT2D eigenvalue weighted by Crippen LogP contribution is -2.57. The first-order valence-electron chi connectivity index (χ1n) is 6.35. The normalized spacial score (nSPS) is 40.6. The predicted octanol–water partition coefficient (Wildman–Crippen LogP) is -0.985. The highest BCUT2D eigenvalue weighted by atomic mass is 16.4. The van der Waals surface area contributed by atoms with Crippen LogP contribution in [-0.4, -0.2) is 40.1 Å². The Balaban J connectivity index is 1.95. The molecule has 3 rings (SSSR count). The van der Waals surface area contributed by atoms with E-state index in [1.54, 1.807) is 0 Å². The number of hydrogen-bond acceptors (Lipinski definition) is 4. The van der Waals surface area contributed by atoms with Crippen molar-refractivity contribution in [3.63, 3.8) is 0 Å². The molecule has 0 heterocycles. The van der Waals surface area contributed by atoms with E-state index in [0.717, 1.165) is 12.8 Å². The third-order valence-corrected chi connectivity index (χ3v) is 5.03. The average molecular weight is 268 g/mol. The average Bonchev–Trinajstić information content (AvgIpc) is 3.18. The molecular weight excluding hydrogens is 252 g/mol. The molecule has 0 saturated heterocycles. The second-order valence-electron chi connectivity index (χ2n) is 5.98. The molecule has 3 aliphatic carbocycles. The van der Waals surface area contributed by atoms with Gasteiger partial charge >= 0.3 is 11.9 Å². The van der Waals surface area contributed by atoms with Crippen molar-refractivity contribution in [2.24, 2.45) is 28.9 Å². The van der Waals surface area contributed by atoms with Crippen LogP contribution < -0.4 is 11.1 Å². The lowest BCUT2D eigenvalue weighted by molar-refractivity contribution is -0.150. The summed E-state index contributed by atoms with van der Waals surface area (Å²) < 4.78 is 0. The molecule has 4 atom stereocenters. The number of amides is 1. The first-order chi connectivity index (χ1) is 8.88. The number of carbonyl (C=O) groups excluding carboxylic acids is 1. The van der Waals surface area contributed by atoms with Gasteiger partial charge in [0.15, 0.2) is 0 Å². The lowest BCUT2D eigenvalue weighted by atomic mass is 9.85. The molecule has 7 heteroatoms. The summed E-state index contributed by atoms with van der Waals surface area (Å²) in [5.74, 6) is -3.91. The Morgan fingerprint density at radius 3 is 2.26 bits per heavy atom. The van der Waals surface area contributed by atoms with Gasteiger partial charge in [-0.15, -0.1) is 0 Å². The number of aliphatic carboxylic acids is 2. The van der Waals surface area contributed by atoms with Crippen LogP contribution in [0.5, 0.6) is 0 Å². The van der Waals surface area contributed by atoms with Crippen LogP contribution in [0.25, 0.3) is 0 Å². The zero-order chi connectivity index (χ0) is 14.0. The number of nitrogens with one attached hydrogen (secondary N) is 1. The molecule has 0 radical (unpaired) electrons. The fraction of sp³-hybridized carbons (Fsp3) is 0.750. The number of carboxylic acid groups (broad SMARTS) is 2. The van der Waals surface area contributed by atoms with Crippen molar-refractivity contribution in [3.8, 4) is 0 Å². The van der Waals surface area contributed by atoms with E-state index >= 15 is 0 Å². The number of carbonyl (C=O) groups is 3. The van der Waals surface area contributed by atoms with Gasteiger partial charge in [0, 0.05) is 5.92 Å². The smallest absolute Gasteiger partial charge is 0.329 e. The van der Waals surface area contributed by atoms with Gasteiger partial charge in [-0.05, 0) is 30.6 Å². The van der Waals surface area contributed by atoms with Crippen molar-refractivity contribution in [1.82, 2.24) is 5.32 Å². The Bertz CT molecular complexity index is 487. The van der Waals surface area contributed by atoms with Crippen molar-refractivity contribution in [3.05, 3.63) is 0 Å². The van der Waals surface area contributed by atoms with E-state index in [0.29, 0.717) is 6.42 Å². The van der Waals surface area contributed by atoms with Gasteiger partial charge in [0.05, 0.1) is 12.5 Å². The van der Waals surface area contributed by atoms with Gasteiger partial charge in [-0.2, -0.15) is 0 Å². The Hall–Kier alpha value is -1.63. The van der Waals surface area contributed by atoms with Crippen LogP contribution in [0.4, 0.5) is 0 Å². The fourth-order valence-electron chi connectivity index (χ4n) is 4.15. The number of rotatable bonds is 4. The topological polar surface area (TPSA) is 130 Å². The van der Waals surface area contributed by atoms with E-state index in [-0.39, 0.29) is 17.9 Å². The first kappa shape index (κ1) is 12.4. The number of carboxylic acids is 2. The SMILES string of the molecule is NCC(=O)N[C@@]1(C(=O)O)CC2(CC2)[C@H]2[C@H](C(=O)O)[C@H]21. The maximum absolute atomic E-state index is 11.6. The Morgan fingerprint density at radius 1 is 1.21 bits per heavy atom. The molecule has 5 N–H and O–H groups in total. The van der Waals surface area contributed by atoms with Gasteiger partial charge < -0.3 is 21.3 Å². The van der Waals surface area contributed by atoms with Crippen molar-refractivity contribution >= 4 is 17.8 Å². The maximum atomic E-state index is 11.6. The highest BCUT2D eigenvalue weighted by molar-refractivity contribution is 5.91. The number of hydrogen-bond donors (Lipinski definition) is 4. The van der Waals surface area contributed by atoms with Crippen LogP contribution in [0.15, 0.2) is 0 Å². The van der Waals surface area contributed by atoms with Gasteiger partial charge in [-0.1, -0.05) is 0 Å². The minimum atomic E-state index is -1.44. The lowest BCUT2D eigenvalue weighted by Gasteiger charge is -2.30. The molecule has 1 spiro atoms. The van der Waals surface area contributed by atoms with Crippen molar-refractivity contribution < 1.29 is 24.6 Å². The van der Waals surface area contributed by atoms with E-state index in [2.05, 4.69) is 5.32 Å². The molecule has 0 aromatic carbocycles. The van der Waals surface area contributed by atoms with E-state index in [1.807, 2.05) is 0 Å². The molecule has 3 saturated carbocycles. The van der Waals surface area contributed by atoms with Crippen LogP contribution >= 0.6 is 0 Å². The summed E-state index contributed by atoms with van der Waals surface area (Å²) in [6.07, 6.45) is 2.04. The van der Waals surface area contributed by atoms with Crippen LogP contribution in [0.3, 0.4) is 0 Å². The van der Waals surface area contributed by atoms with Gasteiger partial charge in [-0.25, -0.2) is 4.79 Å². The fourth-order valence-corrected chi connectivity index (χ4v) is 4.15. The Morgan fingerprint density at radius 2 is 1.84 bits per heavy atom. The molecule has 19 heavy (non-hydrogen) atoms. The van der Waals surface area contributed by atoms with Gasteiger partial charge in [0.1, 0.15) is 5.54 Å². The van der Waals surface area contributed by atoms with Crippen LogP contribution in [-0.2, 0) is 14.4 Å². The molecule has 3 fully saturated rings. The van der Waals surface area contributed by atoms with Crippen LogP contribution in [0.1, 0.15) is 19.3 Å². The van der Waals surface area contributed by atoms with E-state index < -0.39 is 35.2 Å². The summed E-state index contributed by atoms with van der Waals surface area (Å²) >= 11 is 0. The Kier molecular flexibility index (Phi) is 2.27. The molecular formula is C12H16N2O5. The molecule has 0 aromatic heterocycles. The first-order valence-corrected chi connectivity index (χ1v) is 6.35. The molecule has 104 valence electrons. The second kappa shape index (κ2) is 3.47. The molecule has 0 unspecified atom stereocenters. The van der Waals surface area contributed by atoms with Crippen LogP contribution in [0.2, 0.25) is 0 Å². The van der Waals surface area contributed by atoms with Gasteiger partial charge in [0.25, 0.3) is 0 Å².